The first kappa shape index (κ1) is 16.5. The predicted octanol–water partition coefficient (Wildman–Crippen LogP) is 3.45. The van der Waals surface area contributed by atoms with Crippen molar-refractivity contribution in [3.05, 3.63) is 39.5 Å². The SMILES string of the molecule is CCc1cc(Br)cc(C)c1NC=C1C(=O)OC(C)(C)OC1=O. The summed E-state index contributed by atoms with van der Waals surface area (Å²) in [4.78, 5) is 23.8. The summed E-state index contributed by atoms with van der Waals surface area (Å²) in [7, 11) is 0. The molecule has 1 heterocycles. The zero-order chi connectivity index (χ0) is 16.5. The van der Waals surface area contributed by atoms with Crippen LogP contribution >= 0.6 is 15.9 Å². The van der Waals surface area contributed by atoms with E-state index in [0.29, 0.717) is 0 Å². The topological polar surface area (TPSA) is 64.6 Å². The van der Waals surface area contributed by atoms with Gasteiger partial charge in [0.25, 0.3) is 5.79 Å². The second kappa shape index (κ2) is 6.12. The van der Waals surface area contributed by atoms with Crippen molar-refractivity contribution in [1.82, 2.24) is 0 Å². The molecular weight excluding hydrogens is 350 g/mol. The molecule has 1 fully saturated rings. The molecule has 1 aliphatic rings. The number of hydrogen-bond donors (Lipinski definition) is 1. The molecule has 0 atom stereocenters. The summed E-state index contributed by atoms with van der Waals surface area (Å²) in [5, 5.41) is 3.03. The third kappa shape index (κ3) is 3.50. The summed E-state index contributed by atoms with van der Waals surface area (Å²) >= 11 is 3.46. The molecule has 0 bridgehead atoms. The van der Waals surface area contributed by atoms with E-state index in [1.165, 1.54) is 20.0 Å². The van der Waals surface area contributed by atoms with E-state index in [1.54, 1.807) is 0 Å². The number of carbonyl (C=O) groups is 2. The molecule has 1 aromatic carbocycles. The third-order valence-electron chi connectivity index (χ3n) is 3.24. The molecule has 0 aliphatic carbocycles. The Morgan fingerprint density at radius 1 is 1.23 bits per heavy atom. The number of nitrogens with one attached hydrogen (secondary N) is 1. The van der Waals surface area contributed by atoms with E-state index < -0.39 is 17.7 Å². The van der Waals surface area contributed by atoms with Gasteiger partial charge in [-0.2, -0.15) is 0 Å². The molecular formula is C16H18BrNO4. The van der Waals surface area contributed by atoms with Gasteiger partial charge in [0.1, 0.15) is 0 Å². The molecule has 1 aromatic rings. The molecule has 1 N–H and O–H groups in total. The summed E-state index contributed by atoms with van der Waals surface area (Å²) < 4.78 is 11.1. The van der Waals surface area contributed by atoms with Gasteiger partial charge in [0, 0.05) is 30.2 Å². The highest BCUT2D eigenvalue weighted by atomic mass is 79.9. The summed E-state index contributed by atoms with van der Waals surface area (Å²) in [6.07, 6.45) is 2.16. The van der Waals surface area contributed by atoms with Crippen LogP contribution in [0.2, 0.25) is 0 Å². The summed E-state index contributed by atoms with van der Waals surface area (Å²) in [6.45, 7) is 7.01. The molecule has 0 aromatic heterocycles. The van der Waals surface area contributed by atoms with Gasteiger partial charge >= 0.3 is 11.9 Å². The highest BCUT2D eigenvalue weighted by molar-refractivity contribution is 9.10. The highest BCUT2D eigenvalue weighted by Crippen LogP contribution is 2.27. The van der Waals surface area contributed by atoms with Crippen molar-refractivity contribution in [2.24, 2.45) is 0 Å². The lowest BCUT2D eigenvalue weighted by Crippen LogP contribution is -2.42. The van der Waals surface area contributed by atoms with E-state index in [4.69, 9.17) is 9.47 Å². The zero-order valence-electron chi connectivity index (χ0n) is 13.0. The molecule has 6 heteroatoms. The molecule has 0 amide bonds. The number of carbonyl (C=O) groups excluding carboxylic acids is 2. The molecule has 5 nitrogen and oxygen atoms in total. The first-order valence-corrected chi connectivity index (χ1v) is 7.75. The summed E-state index contributed by atoms with van der Waals surface area (Å²) in [5.74, 6) is -2.61. The number of ether oxygens (including phenoxy) is 2. The number of cyclic esters (lactones) is 2. The Balaban J connectivity index is 2.29. The van der Waals surface area contributed by atoms with Crippen LogP contribution in [-0.4, -0.2) is 17.7 Å². The first-order valence-electron chi connectivity index (χ1n) is 6.96. The fourth-order valence-corrected chi connectivity index (χ4v) is 2.84. The quantitative estimate of drug-likeness (QED) is 0.503. The number of hydrogen-bond acceptors (Lipinski definition) is 5. The van der Waals surface area contributed by atoms with Crippen molar-refractivity contribution in [2.75, 3.05) is 5.32 Å². The van der Waals surface area contributed by atoms with Crippen LogP contribution in [0.4, 0.5) is 5.69 Å². The van der Waals surface area contributed by atoms with Crippen LogP contribution in [0.5, 0.6) is 0 Å². The second-order valence-electron chi connectivity index (χ2n) is 5.49. The van der Waals surface area contributed by atoms with Gasteiger partial charge in [-0.15, -0.1) is 0 Å². The van der Waals surface area contributed by atoms with Crippen molar-refractivity contribution in [3.8, 4) is 0 Å². The van der Waals surface area contributed by atoms with Gasteiger partial charge in [-0.05, 0) is 36.6 Å². The van der Waals surface area contributed by atoms with Crippen molar-refractivity contribution in [3.63, 3.8) is 0 Å². The highest BCUT2D eigenvalue weighted by Gasteiger charge is 2.38. The van der Waals surface area contributed by atoms with Gasteiger partial charge in [-0.3, -0.25) is 0 Å². The average Bonchev–Trinajstić information content (AvgIpc) is 2.37. The molecule has 0 unspecified atom stereocenters. The number of rotatable bonds is 3. The van der Waals surface area contributed by atoms with E-state index in [-0.39, 0.29) is 5.57 Å². The van der Waals surface area contributed by atoms with Gasteiger partial charge in [0.2, 0.25) is 0 Å². The molecule has 1 saturated heterocycles. The van der Waals surface area contributed by atoms with E-state index in [0.717, 1.165) is 27.7 Å². The Labute approximate surface area is 137 Å². The number of benzene rings is 1. The summed E-state index contributed by atoms with van der Waals surface area (Å²) in [6, 6.07) is 3.95. The molecule has 1 aliphatic heterocycles. The Morgan fingerprint density at radius 2 is 1.82 bits per heavy atom. The van der Waals surface area contributed by atoms with Gasteiger partial charge in [0.05, 0.1) is 0 Å². The predicted molar refractivity (Wildman–Crippen MR) is 86.2 cm³/mol. The molecule has 2 rings (SSSR count). The average molecular weight is 368 g/mol. The van der Waals surface area contributed by atoms with Crippen LogP contribution in [0.15, 0.2) is 28.4 Å². The van der Waals surface area contributed by atoms with Crippen molar-refractivity contribution >= 4 is 33.6 Å². The van der Waals surface area contributed by atoms with Gasteiger partial charge in [-0.1, -0.05) is 22.9 Å². The lowest BCUT2D eigenvalue weighted by Gasteiger charge is -2.29. The van der Waals surface area contributed by atoms with E-state index >= 15 is 0 Å². The molecule has 0 radical (unpaired) electrons. The third-order valence-corrected chi connectivity index (χ3v) is 3.70. The Kier molecular flexibility index (Phi) is 4.60. The molecule has 22 heavy (non-hydrogen) atoms. The fourth-order valence-electron chi connectivity index (χ4n) is 2.22. The first-order chi connectivity index (χ1) is 10.2. The summed E-state index contributed by atoms with van der Waals surface area (Å²) in [5.41, 5.74) is 2.79. The fraction of sp³-hybridized carbons (Fsp3) is 0.375. The van der Waals surface area contributed by atoms with Crippen LogP contribution in [0.1, 0.15) is 31.9 Å². The van der Waals surface area contributed by atoms with Crippen LogP contribution in [0.3, 0.4) is 0 Å². The minimum absolute atomic E-state index is 0.149. The van der Waals surface area contributed by atoms with Crippen LogP contribution in [0, 0.1) is 6.92 Å². The Bertz CT molecular complexity index is 642. The second-order valence-corrected chi connectivity index (χ2v) is 6.41. The minimum atomic E-state index is -1.23. The van der Waals surface area contributed by atoms with Gasteiger partial charge < -0.3 is 14.8 Å². The molecule has 0 spiro atoms. The number of anilines is 1. The van der Waals surface area contributed by atoms with Crippen LogP contribution < -0.4 is 5.32 Å². The number of esters is 2. The van der Waals surface area contributed by atoms with Crippen molar-refractivity contribution < 1.29 is 19.1 Å². The molecule has 118 valence electrons. The largest absolute Gasteiger partial charge is 0.419 e. The van der Waals surface area contributed by atoms with E-state index in [2.05, 4.69) is 21.2 Å². The minimum Gasteiger partial charge on any atom is -0.419 e. The lowest BCUT2D eigenvalue weighted by molar-refractivity contribution is -0.222. The zero-order valence-corrected chi connectivity index (χ0v) is 14.5. The Hall–Kier alpha value is -1.82. The standard InChI is InChI=1S/C16H18BrNO4/c1-5-10-7-11(17)6-9(2)13(10)18-8-12-14(19)21-16(3,4)22-15(12)20/h6-8,18H,5H2,1-4H3. The monoisotopic (exact) mass is 367 g/mol. The smallest absolute Gasteiger partial charge is 0.350 e. The maximum absolute atomic E-state index is 11.9. The molecule has 0 saturated carbocycles. The Morgan fingerprint density at radius 3 is 2.36 bits per heavy atom. The number of aryl methyl sites for hydroxylation is 2. The van der Waals surface area contributed by atoms with Gasteiger partial charge in [0.15, 0.2) is 5.57 Å². The van der Waals surface area contributed by atoms with Crippen molar-refractivity contribution in [2.45, 2.75) is 39.9 Å². The normalized spacial score (nSPS) is 16.9. The lowest BCUT2D eigenvalue weighted by atomic mass is 10.1. The maximum atomic E-state index is 11.9. The van der Waals surface area contributed by atoms with E-state index in [1.807, 2.05) is 26.0 Å². The van der Waals surface area contributed by atoms with Crippen LogP contribution in [0.25, 0.3) is 0 Å². The van der Waals surface area contributed by atoms with Gasteiger partial charge in [-0.25, -0.2) is 9.59 Å². The van der Waals surface area contributed by atoms with E-state index in [9.17, 15) is 9.59 Å². The van der Waals surface area contributed by atoms with Crippen molar-refractivity contribution in [1.29, 1.82) is 0 Å². The number of halogens is 1. The van der Waals surface area contributed by atoms with Crippen LogP contribution in [-0.2, 0) is 25.5 Å². The maximum Gasteiger partial charge on any atom is 0.350 e.